The van der Waals surface area contributed by atoms with Crippen LogP contribution < -0.4 is 5.32 Å². The van der Waals surface area contributed by atoms with E-state index in [4.69, 9.17) is 4.74 Å². The van der Waals surface area contributed by atoms with Crippen molar-refractivity contribution < 1.29 is 4.74 Å². The summed E-state index contributed by atoms with van der Waals surface area (Å²) in [6.07, 6.45) is 4.89. The zero-order valence-corrected chi connectivity index (χ0v) is 12.1. The summed E-state index contributed by atoms with van der Waals surface area (Å²) in [6.45, 7) is 12.2. The average Bonchev–Trinajstić information content (AvgIpc) is 2.26. The average molecular weight is 229 g/mol. The van der Waals surface area contributed by atoms with Crippen molar-refractivity contribution in [3.63, 3.8) is 0 Å². The molecular formula is C14H31NO. The smallest absolute Gasteiger partial charge is 0.0623 e. The van der Waals surface area contributed by atoms with Gasteiger partial charge in [0.15, 0.2) is 0 Å². The highest BCUT2D eigenvalue weighted by atomic mass is 16.5. The summed E-state index contributed by atoms with van der Waals surface area (Å²) in [4.78, 5) is 0. The maximum Gasteiger partial charge on any atom is 0.0623 e. The van der Waals surface area contributed by atoms with Crippen molar-refractivity contribution in [1.29, 1.82) is 0 Å². The summed E-state index contributed by atoms with van der Waals surface area (Å²) in [5.74, 6) is 0.815. The quantitative estimate of drug-likeness (QED) is 0.652. The van der Waals surface area contributed by atoms with Gasteiger partial charge in [0.05, 0.1) is 5.60 Å². The maximum atomic E-state index is 5.47. The lowest BCUT2D eigenvalue weighted by atomic mass is 9.92. The molecule has 0 rings (SSSR count). The van der Waals surface area contributed by atoms with Crippen molar-refractivity contribution in [1.82, 2.24) is 5.32 Å². The fourth-order valence-corrected chi connectivity index (χ4v) is 1.87. The van der Waals surface area contributed by atoms with E-state index < -0.39 is 0 Å². The fraction of sp³-hybridized carbons (Fsp3) is 1.00. The van der Waals surface area contributed by atoms with Crippen LogP contribution in [0.1, 0.15) is 60.3 Å². The summed E-state index contributed by atoms with van der Waals surface area (Å²) < 4.78 is 5.47. The van der Waals surface area contributed by atoms with Gasteiger partial charge in [-0.1, -0.05) is 27.2 Å². The summed E-state index contributed by atoms with van der Waals surface area (Å²) in [7, 11) is 1.80. The van der Waals surface area contributed by atoms with Gasteiger partial charge in [0, 0.05) is 13.2 Å². The molecule has 0 aromatic rings. The molecule has 98 valence electrons. The SMILES string of the molecule is CCNC(CCC(C)(C)OC)CC(C)CC. The Morgan fingerprint density at radius 3 is 2.31 bits per heavy atom. The Labute approximate surface area is 102 Å². The molecule has 0 radical (unpaired) electrons. The molecule has 0 heterocycles. The molecule has 0 aromatic carbocycles. The summed E-state index contributed by atoms with van der Waals surface area (Å²) in [6, 6.07) is 0.648. The first-order chi connectivity index (χ1) is 7.45. The molecule has 16 heavy (non-hydrogen) atoms. The molecule has 2 nitrogen and oxygen atoms in total. The second kappa shape index (κ2) is 8.08. The maximum absolute atomic E-state index is 5.47. The molecule has 2 heteroatoms. The minimum atomic E-state index is 0.0170. The lowest BCUT2D eigenvalue weighted by Gasteiger charge is -2.27. The van der Waals surface area contributed by atoms with Gasteiger partial charge in [0.2, 0.25) is 0 Å². The first-order valence-corrected chi connectivity index (χ1v) is 6.73. The second-order valence-corrected chi connectivity index (χ2v) is 5.51. The Balaban J connectivity index is 4.02. The molecule has 0 spiro atoms. The Bertz CT molecular complexity index is 168. The van der Waals surface area contributed by atoms with E-state index in [1.54, 1.807) is 7.11 Å². The second-order valence-electron chi connectivity index (χ2n) is 5.51. The fourth-order valence-electron chi connectivity index (χ4n) is 1.87. The van der Waals surface area contributed by atoms with E-state index in [1.807, 2.05) is 0 Å². The Hall–Kier alpha value is -0.0800. The molecular weight excluding hydrogens is 198 g/mol. The zero-order valence-electron chi connectivity index (χ0n) is 12.1. The Morgan fingerprint density at radius 1 is 1.25 bits per heavy atom. The van der Waals surface area contributed by atoms with Crippen LogP contribution >= 0.6 is 0 Å². The molecule has 0 saturated heterocycles. The Morgan fingerprint density at radius 2 is 1.88 bits per heavy atom. The molecule has 0 aliphatic rings. The first kappa shape index (κ1) is 15.9. The van der Waals surface area contributed by atoms with Crippen LogP contribution in [0.5, 0.6) is 0 Å². The predicted molar refractivity (Wildman–Crippen MR) is 71.9 cm³/mol. The van der Waals surface area contributed by atoms with Gasteiger partial charge in [-0.05, 0) is 45.6 Å². The molecule has 0 saturated carbocycles. The van der Waals surface area contributed by atoms with Crippen molar-refractivity contribution in [2.45, 2.75) is 71.9 Å². The molecule has 0 aromatic heterocycles. The lowest BCUT2D eigenvalue weighted by Crippen LogP contribution is -2.33. The normalized spacial score (nSPS) is 16.1. The summed E-state index contributed by atoms with van der Waals surface area (Å²) >= 11 is 0. The van der Waals surface area contributed by atoms with Crippen molar-refractivity contribution in [3.05, 3.63) is 0 Å². The highest BCUT2D eigenvalue weighted by Crippen LogP contribution is 2.20. The Kier molecular flexibility index (Phi) is 8.04. The molecule has 0 fully saturated rings. The monoisotopic (exact) mass is 229 g/mol. The highest BCUT2D eigenvalue weighted by Gasteiger charge is 2.19. The van der Waals surface area contributed by atoms with E-state index >= 15 is 0 Å². The van der Waals surface area contributed by atoms with Crippen LogP contribution in [0.25, 0.3) is 0 Å². The number of methoxy groups -OCH3 is 1. The van der Waals surface area contributed by atoms with E-state index in [0.29, 0.717) is 6.04 Å². The number of hydrogen-bond donors (Lipinski definition) is 1. The molecule has 0 amide bonds. The number of ether oxygens (including phenoxy) is 1. The topological polar surface area (TPSA) is 21.3 Å². The highest BCUT2D eigenvalue weighted by molar-refractivity contribution is 4.75. The largest absolute Gasteiger partial charge is 0.379 e. The van der Waals surface area contributed by atoms with Crippen molar-refractivity contribution in [3.8, 4) is 0 Å². The minimum Gasteiger partial charge on any atom is -0.379 e. The zero-order chi connectivity index (χ0) is 12.6. The lowest BCUT2D eigenvalue weighted by molar-refractivity contribution is 0.0112. The summed E-state index contributed by atoms with van der Waals surface area (Å²) in [5.41, 5.74) is 0.0170. The molecule has 0 bridgehead atoms. The van der Waals surface area contributed by atoms with Crippen molar-refractivity contribution in [2.75, 3.05) is 13.7 Å². The van der Waals surface area contributed by atoms with Gasteiger partial charge < -0.3 is 10.1 Å². The van der Waals surface area contributed by atoms with Crippen LogP contribution in [-0.2, 0) is 4.74 Å². The van der Waals surface area contributed by atoms with Gasteiger partial charge in [-0.3, -0.25) is 0 Å². The van der Waals surface area contributed by atoms with E-state index in [1.165, 1.54) is 19.3 Å². The number of rotatable bonds is 9. The number of nitrogens with one attached hydrogen (secondary N) is 1. The van der Waals surface area contributed by atoms with Crippen molar-refractivity contribution in [2.24, 2.45) is 5.92 Å². The molecule has 0 aliphatic carbocycles. The standard InChI is InChI=1S/C14H31NO/c1-7-12(3)11-13(15-8-2)9-10-14(4,5)16-6/h12-13,15H,7-11H2,1-6H3. The van der Waals surface area contributed by atoms with E-state index in [-0.39, 0.29) is 5.60 Å². The predicted octanol–water partition coefficient (Wildman–Crippen LogP) is 3.61. The van der Waals surface area contributed by atoms with E-state index in [0.717, 1.165) is 18.9 Å². The van der Waals surface area contributed by atoms with Crippen LogP contribution in [-0.4, -0.2) is 25.3 Å². The van der Waals surface area contributed by atoms with Crippen molar-refractivity contribution >= 4 is 0 Å². The van der Waals surface area contributed by atoms with Crippen LogP contribution in [0.15, 0.2) is 0 Å². The van der Waals surface area contributed by atoms with Gasteiger partial charge in [0.1, 0.15) is 0 Å². The molecule has 1 N–H and O–H groups in total. The van der Waals surface area contributed by atoms with Gasteiger partial charge in [-0.2, -0.15) is 0 Å². The third-order valence-electron chi connectivity index (χ3n) is 3.52. The van der Waals surface area contributed by atoms with E-state index in [9.17, 15) is 0 Å². The van der Waals surface area contributed by atoms with Crippen LogP contribution in [0, 0.1) is 5.92 Å². The third-order valence-corrected chi connectivity index (χ3v) is 3.52. The minimum absolute atomic E-state index is 0.0170. The van der Waals surface area contributed by atoms with Gasteiger partial charge in [-0.15, -0.1) is 0 Å². The summed E-state index contributed by atoms with van der Waals surface area (Å²) in [5, 5.41) is 3.59. The molecule has 2 atom stereocenters. The third kappa shape index (κ3) is 7.24. The van der Waals surface area contributed by atoms with Gasteiger partial charge in [0.25, 0.3) is 0 Å². The van der Waals surface area contributed by atoms with Crippen LogP contribution in [0.3, 0.4) is 0 Å². The number of hydrogen-bond acceptors (Lipinski definition) is 2. The van der Waals surface area contributed by atoms with Gasteiger partial charge in [-0.25, -0.2) is 0 Å². The van der Waals surface area contributed by atoms with Crippen LogP contribution in [0.4, 0.5) is 0 Å². The molecule has 2 unspecified atom stereocenters. The molecule has 0 aliphatic heterocycles. The van der Waals surface area contributed by atoms with Gasteiger partial charge >= 0.3 is 0 Å². The first-order valence-electron chi connectivity index (χ1n) is 6.73. The van der Waals surface area contributed by atoms with Crippen LogP contribution in [0.2, 0.25) is 0 Å². The van der Waals surface area contributed by atoms with E-state index in [2.05, 4.69) is 39.9 Å².